The van der Waals surface area contributed by atoms with E-state index in [1.165, 1.54) is 29.2 Å². The molecule has 11 heteroatoms. The van der Waals surface area contributed by atoms with E-state index < -0.39 is 41.1 Å². The van der Waals surface area contributed by atoms with Crippen LogP contribution in [-0.2, 0) is 33.4 Å². The van der Waals surface area contributed by atoms with E-state index >= 15 is 0 Å². The fraction of sp³-hybridized carbons (Fsp3) is 0.400. The lowest BCUT2D eigenvalue weighted by Gasteiger charge is -2.29. The first-order chi connectivity index (χ1) is 17.2. The highest BCUT2D eigenvalue weighted by molar-refractivity contribution is 6.05. The van der Waals surface area contributed by atoms with Crippen molar-refractivity contribution in [3.05, 3.63) is 64.5 Å². The van der Waals surface area contributed by atoms with Gasteiger partial charge in [-0.1, -0.05) is 12.1 Å². The summed E-state index contributed by atoms with van der Waals surface area (Å²) in [6, 6.07) is 7.71. The number of carbonyl (C=O) groups is 3. The summed E-state index contributed by atoms with van der Waals surface area (Å²) in [5.74, 6) is -5.31. The molecule has 190 valence electrons. The quantitative estimate of drug-likeness (QED) is 0.389. The third kappa shape index (κ3) is 4.70. The number of amides is 3. The number of carbonyl (C=O) groups excluding carboxylic acids is 3. The largest absolute Gasteiger partial charge is 0.435 e. The molecule has 10 nitrogen and oxygen atoms in total. The van der Waals surface area contributed by atoms with Crippen LogP contribution in [0.1, 0.15) is 39.9 Å². The van der Waals surface area contributed by atoms with Gasteiger partial charge in [-0.3, -0.25) is 24.6 Å². The minimum Gasteiger partial charge on any atom is -0.435 e. The van der Waals surface area contributed by atoms with Crippen molar-refractivity contribution >= 4 is 17.7 Å². The Labute approximate surface area is 206 Å². The molecule has 2 aromatic carbocycles. The maximum atomic E-state index is 14.7. The molecule has 0 radical (unpaired) electrons. The molecule has 0 saturated carbocycles. The van der Waals surface area contributed by atoms with Crippen molar-refractivity contribution in [2.75, 3.05) is 26.3 Å². The highest BCUT2D eigenvalue weighted by Gasteiger charge is 2.41. The molecule has 0 spiro atoms. The molecule has 0 bridgehead atoms. The summed E-state index contributed by atoms with van der Waals surface area (Å²) >= 11 is 0. The third-order valence-electron chi connectivity index (χ3n) is 6.68. The summed E-state index contributed by atoms with van der Waals surface area (Å²) in [5.41, 5.74) is 0.776. The van der Waals surface area contributed by atoms with Crippen molar-refractivity contribution in [2.45, 2.75) is 37.9 Å². The molecular formula is C25H26FN3O7. The Morgan fingerprint density at radius 3 is 2.67 bits per heavy atom. The molecule has 0 aromatic heterocycles. The molecule has 36 heavy (non-hydrogen) atoms. The number of benzene rings is 2. The van der Waals surface area contributed by atoms with Crippen LogP contribution in [0.5, 0.6) is 5.75 Å². The number of hydrogen-bond donors (Lipinski definition) is 3. The number of nitrogens with zero attached hydrogens (tertiary/aromatic N) is 2. The van der Waals surface area contributed by atoms with Gasteiger partial charge in [-0.15, -0.1) is 0 Å². The van der Waals surface area contributed by atoms with Crippen molar-refractivity contribution in [1.82, 2.24) is 15.1 Å². The van der Waals surface area contributed by atoms with Crippen LogP contribution >= 0.6 is 0 Å². The summed E-state index contributed by atoms with van der Waals surface area (Å²) in [6.45, 7) is 3.04. The number of imide groups is 1. The second kappa shape index (κ2) is 9.58. The molecular weight excluding hydrogens is 473 g/mol. The van der Waals surface area contributed by atoms with Gasteiger partial charge in [0.05, 0.1) is 25.3 Å². The highest BCUT2D eigenvalue weighted by atomic mass is 19.1. The molecule has 2 fully saturated rings. The molecule has 2 saturated heterocycles. The van der Waals surface area contributed by atoms with Crippen LogP contribution in [0, 0.1) is 5.82 Å². The minimum atomic E-state index is -3.02. The third-order valence-corrected chi connectivity index (χ3v) is 6.68. The van der Waals surface area contributed by atoms with E-state index in [0.29, 0.717) is 44.0 Å². The van der Waals surface area contributed by atoms with Crippen molar-refractivity contribution in [3.8, 4) is 5.75 Å². The summed E-state index contributed by atoms with van der Waals surface area (Å²) in [5, 5.41) is 23.8. The number of fused-ring (bicyclic) bond motifs is 1. The number of nitrogens with one attached hydrogen (secondary N) is 1. The van der Waals surface area contributed by atoms with E-state index in [9.17, 15) is 29.0 Å². The van der Waals surface area contributed by atoms with Crippen LogP contribution in [0.3, 0.4) is 0 Å². The van der Waals surface area contributed by atoms with E-state index in [0.717, 1.165) is 6.07 Å². The molecule has 3 heterocycles. The lowest BCUT2D eigenvalue weighted by Crippen LogP contribution is -2.52. The Bertz CT molecular complexity index is 1210. The zero-order valence-corrected chi connectivity index (χ0v) is 19.4. The molecule has 3 aliphatic heterocycles. The number of halogens is 1. The normalized spacial score (nSPS) is 20.9. The second-order valence-electron chi connectivity index (χ2n) is 9.10. The Morgan fingerprint density at radius 1 is 1.14 bits per heavy atom. The summed E-state index contributed by atoms with van der Waals surface area (Å²) in [6.07, 6.45) is 0.294. The molecule has 2 aromatic rings. The number of piperidine rings is 1. The standard InChI is InChI=1S/C25H26FN3O7/c26-19-5-4-15(13-28-8-10-35-11-9-28)12-18(19)25(33,34)36-21-3-1-2-16-17(21)14-29(24(16)32)20-6-7-22(30)27-23(20)31/h1-5,12,20,33-34H,6-11,13-14H2,(H,27,30,31). The molecule has 0 aliphatic carbocycles. The van der Waals surface area contributed by atoms with E-state index in [1.807, 2.05) is 0 Å². The number of ether oxygens (including phenoxy) is 2. The number of hydrogen-bond acceptors (Lipinski definition) is 8. The zero-order chi connectivity index (χ0) is 25.4. The molecule has 3 N–H and O–H groups in total. The predicted octanol–water partition coefficient (Wildman–Crippen LogP) is 0.593. The molecule has 5 rings (SSSR count). The van der Waals surface area contributed by atoms with E-state index in [-0.39, 0.29) is 30.7 Å². The van der Waals surface area contributed by atoms with E-state index in [2.05, 4.69) is 10.2 Å². The summed E-state index contributed by atoms with van der Waals surface area (Å²) in [4.78, 5) is 40.2. The Hall–Kier alpha value is -3.38. The number of aliphatic hydroxyl groups is 2. The van der Waals surface area contributed by atoms with Crippen molar-refractivity contribution < 1.29 is 38.5 Å². The lowest BCUT2D eigenvalue weighted by molar-refractivity contribution is -0.305. The van der Waals surface area contributed by atoms with Crippen LogP contribution < -0.4 is 10.1 Å². The number of morpholine rings is 1. The topological polar surface area (TPSA) is 129 Å². The summed E-state index contributed by atoms with van der Waals surface area (Å²) in [7, 11) is 0. The van der Waals surface area contributed by atoms with Gasteiger partial charge in [0.2, 0.25) is 11.8 Å². The lowest BCUT2D eigenvalue weighted by atomic mass is 10.0. The van der Waals surface area contributed by atoms with E-state index in [4.69, 9.17) is 9.47 Å². The fourth-order valence-corrected chi connectivity index (χ4v) is 4.80. The maximum absolute atomic E-state index is 14.7. The van der Waals surface area contributed by atoms with Crippen LogP contribution in [0.25, 0.3) is 0 Å². The Balaban J connectivity index is 1.38. The first-order valence-electron chi connectivity index (χ1n) is 11.7. The van der Waals surface area contributed by atoms with Gasteiger partial charge in [0.15, 0.2) is 0 Å². The SMILES string of the molecule is O=C1CCC(N2Cc3c(OC(O)(O)c4cc(CN5CCOCC5)ccc4F)cccc3C2=O)C(=O)N1. The van der Waals surface area contributed by atoms with E-state index in [1.54, 1.807) is 6.07 Å². The number of rotatable bonds is 6. The minimum absolute atomic E-state index is 0.0290. The van der Waals surface area contributed by atoms with Crippen LogP contribution in [0.4, 0.5) is 4.39 Å². The highest BCUT2D eigenvalue weighted by Crippen LogP contribution is 2.36. The van der Waals surface area contributed by atoms with Crippen molar-refractivity contribution in [2.24, 2.45) is 0 Å². The Morgan fingerprint density at radius 2 is 1.92 bits per heavy atom. The molecule has 1 atom stereocenters. The zero-order valence-electron chi connectivity index (χ0n) is 19.4. The van der Waals surface area contributed by atoms with Crippen molar-refractivity contribution in [1.29, 1.82) is 0 Å². The van der Waals surface area contributed by atoms with Gasteiger partial charge in [0, 0.05) is 37.2 Å². The first-order valence-corrected chi connectivity index (χ1v) is 11.7. The molecule has 3 amide bonds. The predicted molar refractivity (Wildman–Crippen MR) is 122 cm³/mol. The monoisotopic (exact) mass is 499 g/mol. The fourth-order valence-electron chi connectivity index (χ4n) is 4.80. The maximum Gasteiger partial charge on any atom is 0.354 e. The van der Waals surface area contributed by atoms with Gasteiger partial charge in [-0.05, 0) is 36.2 Å². The average molecular weight is 499 g/mol. The Kier molecular flexibility index (Phi) is 6.47. The van der Waals surface area contributed by atoms with Gasteiger partial charge in [-0.2, -0.15) is 0 Å². The van der Waals surface area contributed by atoms with Gasteiger partial charge in [-0.25, -0.2) is 4.39 Å². The van der Waals surface area contributed by atoms with Gasteiger partial charge >= 0.3 is 5.97 Å². The van der Waals surface area contributed by atoms with Crippen LogP contribution in [-0.4, -0.2) is 70.1 Å². The van der Waals surface area contributed by atoms with Gasteiger partial charge in [0.25, 0.3) is 5.91 Å². The summed E-state index contributed by atoms with van der Waals surface area (Å²) < 4.78 is 25.5. The van der Waals surface area contributed by atoms with Gasteiger partial charge in [0.1, 0.15) is 17.6 Å². The first kappa shape index (κ1) is 24.3. The smallest absolute Gasteiger partial charge is 0.354 e. The van der Waals surface area contributed by atoms with Crippen molar-refractivity contribution in [3.63, 3.8) is 0 Å². The van der Waals surface area contributed by atoms with Crippen LogP contribution in [0.15, 0.2) is 36.4 Å². The molecule has 1 unspecified atom stereocenters. The van der Waals surface area contributed by atoms with Gasteiger partial charge < -0.3 is 24.6 Å². The van der Waals surface area contributed by atoms with Crippen LogP contribution in [0.2, 0.25) is 0 Å². The average Bonchev–Trinajstić information content (AvgIpc) is 3.18. The second-order valence-corrected chi connectivity index (χ2v) is 9.10. The molecule has 3 aliphatic rings.